The van der Waals surface area contributed by atoms with E-state index in [-0.39, 0.29) is 5.91 Å². The lowest BCUT2D eigenvalue weighted by molar-refractivity contribution is -0.116. The van der Waals surface area contributed by atoms with E-state index >= 15 is 0 Å². The predicted molar refractivity (Wildman–Crippen MR) is 75.6 cm³/mol. The molecular weight excluding hydrogens is 240 g/mol. The van der Waals surface area contributed by atoms with Crippen molar-refractivity contribution in [3.05, 3.63) is 23.8 Å². The van der Waals surface area contributed by atoms with Crippen LogP contribution in [0.25, 0.3) is 0 Å². The molecule has 2 aliphatic rings. The van der Waals surface area contributed by atoms with Gasteiger partial charge in [-0.2, -0.15) is 0 Å². The Kier molecular flexibility index (Phi) is 3.42. The highest BCUT2D eigenvalue weighted by molar-refractivity contribution is 5.94. The molecule has 1 atom stereocenters. The van der Waals surface area contributed by atoms with Crippen LogP contribution in [0.4, 0.5) is 11.4 Å². The van der Waals surface area contributed by atoms with E-state index in [4.69, 9.17) is 4.74 Å². The number of hydrogen-bond donors (Lipinski definition) is 1. The van der Waals surface area contributed by atoms with Crippen LogP contribution in [-0.2, 0) is 16.0 Å². The molecule has 1 saturated heterocycles. The summed E-state index contributed by atoms with van der Waals surface area (Å²) in [4.78, 5) is 13.3. The van der Waals surface area contributed by atoms with Gasteiger partial charge >= 0.3 is 0 Å². The summed E-state index contributed by atoms with van der Waals surface area (Å²) in [6.45, 7) is 4.19. The number of ether oxygens (including phenoxy) is 1. The molecule has 0 bridgehead atoms. The second kappa shape index (κ2) is 5.21. The van der Waals surface area contributed by atoms with E-state index < -0.39 is 0 Å². The van der Waals surface area contributed by atoms with Crippen molar-refractivity contribution in [2.24, 2.45) is 0 Å². The number of nitrogens with one attached hydrogen (secondary N) is 1. The monoisotopic (exact) mass is 260 g/mol. The molecule has 4 nitrogen and oxygen atoms in total. The molecule has 4 heteroatoms. The van der Waals surface area contributed by atoms with Crippen molar-refractivity contribution in [1.82, 2.24) is 0 Å². The summed E-state index contributed by atoms with van der Waals surface area (Å²) in [5.74, 6) is 0.124. The maximum Gasteiger partial charge on any atom is 0.223 e. The Labute approximate surface area is 113 Å². The average molecular weight is 260 g/mol. The van der Waals surface area contributed by atoms with Crippen molar-refractivity contribution in [3.63, 3.8) is 0 Å². The molecule has 1 aromatic rings. The fourth-order valence-corrected chi connectivity index (χ4v) is 2.88. The number of hydrogen-bond acceptors (Lipinski definition) is 3. The van der Waals surface area contributed by atoms with Crippen LogP contribution in [0.5, 0.6) is 0 Å². The molecule has 1 unspecified atom stereocenters. The number of amides is 1. The van der Waals surface area contributed by atoms with Crippen LogP contribution in [0.1, 0.15) is 25.3 Å². The first-order valence-corrected chi connectivity index (χ1v) is 7.00. The van der Waals surface area contributed by atoms with Crippen LogP contribution < -0.4 is 10.2 Å². The third kappa shape index (κ3) is 2.59. The molecule has 0 aliphatic carbocycles. The normalized spacial score (nSPS) is 21.5. The molecule has 0 radical (unpaired) electrons. The average Bonchev–Trinajstić information content (AvgIpc) is 3.05. The number of anilines is 2. The molecule has 1 N–H and O–H groups in total. The van der Waals surface area contributed by atoms with Crippen molar-refractivity contribution in [2.45, 2.75) is 32.3 Å². The lowest BCUT2D eigenvalue weighted by Crippen LogP contribution is -2.25. The maximum absolute atomic E-state index is 11.5. The molecule has 1 fully saturated rings. The molecule has 3 rings (SSSR count). The number of rotatable bonds is 3. The quantitative estimate of drug-likeness (QED) is 0.905. The van der Waals surface area contributed by atoms with Gasteiger partial charge in [-0.05, 0) is 43.0 Å². The fourth-order valence-electron chi connectivity index (χ4n) is 2.88. The molecule has 1 aromatic carbocycles. The minimum absolute atomic E-state index is 0.124. The molecule has 0 spiro atoms. The molecule has 2 aliphatic heterocycles. The Bertz CT molecular complexity index is 481. The van der Waals surface area contributed by atoms with Crippen LogP contribution in [-0.4, -0.2) is 31.7 Å². The molecule has 1 amide bonds. The van der Waals surface area contributed by atoms with Gasteiger partial charge in [0.2, 0.25) is 5.91 Å². The lowest BCUT2D eigenvalue weighted by Gasteiger charge is -2.16. The Morgan fingerprint density at radius 2 is 2.42 bits per heavy atom. The van der Waals surface area contributed by atoms with Gasteiger partial charge in [0.15, 0.2) is 0 Å². The van der Waals surface area contributed by atoms with E-state index in [1.54, 1.807) is 6.92 Å². The van der Waals surface area contributed by atoms with E-state index in [1.807, 2.05) is 11.0 Å². The highest BCUT2D eigenvalue weighted by Gasteiger charge is 2.22. The minimum Gasteiger partial charge on any atom is -0.382 e. The third-order valence-corrected chi connectivity index (χ3v) is 3.91. The van der Waals surface area contributed by atoms with Crippen molar-refractivity contribution >= 4 is 17.3 Å². The predicted octanol–water partition coefficient (Wildman–Crippen LogP) is 2.19. The fraction of sp³-hybridized carbons (Fsp3) is 0.533. The zero-order valence-electron chi connectivity index (χ0n) is 11.3. The van der Waals surface area contributed by atoms with E-state index in [0.29, 0.717) is 6.10 Å². The minimum atomic E-state index is 0.124. The highest BCUT2D eigenvalue weighted by atomic mass is 16.5. The van der Waals surface area contributed by atoms with Gasteiger partial charge in [0.1, 0.15) is 0 Å². The second-order valence-electron chi connectivity index (χ2n) is 5.28. The van der Waals surface area contributed by atoms with E-state index in [0.717, 1.165) is 43.9 Å². The van der Waals surface area contributed by atoms with Crippen LogP contribution in [0.15, 0.2) is 18.2 Å². The molecule has 0 aromatic heterocycles. The third-order valence-electron chi connectivity index (χ3n) is 3.91. The first-order valence-electron chi connectivity index (χ1n) is 7.00. The van der Waals surface area contributed by atoms with Gasteiger partial charge in [-0.1, -0.05) is 0 Å². The number of nitrogens with zero attached hydrogens (tertiary/aromatic N) is 1. The topological polar surface area (TPSA) is 41.6 Å². The van der Waals surface area contributed by atoms with Gasteiger partial charge in [0, 0.05) is 38.0 Å². The summed E-state index contributed by atoms with van der Waals surface area (Å²) in [6.07, 6.45) is 3.62. The summed E-state index contributed by atoms with van der Waals surface area (Å²) in [7, 11) is 0. The molecule has 2 heterocycles. The van der Waals surface area contributed by atoms with Crippen LogP contribution in [0, 0.1) is 0 Å². The Morgan fingerprint density at radius 1 is 1.53 bits per heavy atom. The van der Waals surface area contributed by atoms with E-state index in [9.17, 15) is 4.79 Å². The number of fused-ring (bicyclic) bond motifs is 1. The Morgan fingerprint density at radius 3 is 3.16 bits per heavy atom. The summed E-state index contributed by atoms with van der Waals surface area (Å²) in [5, 5.41) is 3.43. The van der Waals surface area contributed by atoms with E-state index in [1.165, 1.54) is 12.0 Å². The maximum atomic E-state index is 11.5. The number of benzene rings is 1. The summed E-state index contributed by atoms with van der Waals surface area (Å²) in [5.41, 5.74) is 3.45. The lowest BCUT2D eigenvalue weighted by atomic mass is 10.1. The molecule has 0 saturated carbocycles. The Hall–Kier alpha value is -1.55. The van der Waals surface area contributed by atoms with Gasteiger partial charge in [0.05, 0.1) is 6.10 Å². The van der Waals surface area contributed by atoms with E-state index in [2.05, 4.69) is 17.4 Å². The first-order chi connectivity index (χ1) is 9.24. The van der Waals surface area contributed by atoms with Gasteiger partial charge < -0.3 is 15.0 Å². The van der Waals surface area contributed by atoms with Gasteiger partial charge in [-0.3, -0.25) is 4.79 Å². The summed E-state index contributed by atoms with van der Waals surface area (Å²) in [6, 6.07) is 6.25. The van der Waals surface area contributed by atoms with Crippen LogP contribution >= 0.6 is 0 Å². The smallest absolute Gasteiger partial charge is 0.223 e. The molecule has 19 heavy (non-hydrogen) atoms. The van der Waals surface area contributed by atoms with Crippen LogP contribution in [0.2, 0.25) is 0 Å². The van der Waals surface area contributed by atoms with Crippen molar-refractivity contribution in [1.29, 1.82) is 0 Å². The van der Waals surface area contributed by atoms with Gasteiger partial charge in [0.25, 0.3) is 0 Å². The summed E-state index contributed by atoms with van der Waals surface area (Å²) < 4.78 is 5.60. The van der Waals surface area contributed by atoms with Crippen molar-refractivity contribution < 1.29 is 9.53 Å². The second-order valence-corrected chi connectivity index (χ2v) is 5.28. The van der Waals surface area contributed by atoms with Crippen LogP contribution in [0.3, 0.4) is 0 Å². The standard InChI is InChI=1S/C15H20N2O2/c1-11(18)17-7-6-12-9-13(4-5-15(12)17)16-10-14-3-2-8-19-14/h4-5,9,14,16H,2-3,6-8,10H2,1H3. The zero-order chi connectivity index (χ0) is 13.2. The summed E-state index contributed by atoms with van der Waals surface area (Å²) >= 11 is 0. The van der Waals surface area contributed by atoms with Gasteiger partial charge in [-0.15, -0.1) is 0 Å². The van der Waals surface area contributed by atoms with Crippen molar-refractivity contribution in [2.75, 3.05) is 29.9 Å². The zero-order valence-corrected chi connectivity index (χ0v) is 11.3. The molecular formula is C15H20N2O2. The number of carbonyl (C=O) groups is 1. The number of carbonyl (C=O) groups excluding carboxylic acids is 1. The largest absolute Gasteiger partial charge is 0.382 e. The van der Waals surface area contributed by atoms with Crippen molar-refractivity contribution in [3.8, 4) is 0 Å². The molecule has 102 valence electrons. The Balaban J connectivity index is 1.66. The first kappa shape index (κ1) is 12.5. The van der Waals surface area contributed by atoms with Gasteiger partial charge in [-0.25, -0.2) is 0 Å². The SMILES string of the molecule is CC(=O)N1CCc2cc(NCC3CCCO3)ccc21. The highest BCUT2D eigenvalue weighted by Crippen LogP contribution is 2.30.